The van der Waals surface area contributed by atoms with E-state index >= 15 is 0 Å². The van der Waals surface area contributed by atoms with Crippen molar-refractivity contribution in [3.8, 4) is 5.75 Å². The number of aryl methyl sites for hydroxylation is 2. The van der Waals surface area contributed by atoms with Gasteiger partial charge in [0.1, 0.15) is 5.75 Å². The fourth-order valence-corrected chi connectivity index (χ4v) is 2.44. The molecule has 1 amide bonds. The zero-order chi connectivity index (χ0) is 15.4. The minimum Gasteiger partial charge on any atom is -0.496 e. The van der Waals surface area contributed by atoms with E-state index in [1.54, 1.807) is 7.11 Å². The summed E-state index contributed by atoms with van der Waals surface area (Å²) < 4.78 is 5.34. The molecular weight excluding hydrogens is 262 g/mol. The molecule has 110 valence electrons. The highest BCUT2D eigenvalue weighted by molar-refractivity contribution is 5.95. The summed E-state index contributed by atoms with van der Waals surface area (Å²) in [5.41, 5.74) is 3.82. The summed E-state index contributed by atoms with van der Waals surface area (Å²) >= 11 is 0. The highest BCUT2D eigenvalue weighted by Gasteiger charge is 2.15. The molecule has 2 aromatic rings. The monoisotopic (exact) mass is 283 g/mol. The van der Waals surface area contributed by atoms with Crippen molar-refractivity contribution in [2.24, 2.45) is 0 Å². The van der Waals surface area contributed by atoms with Crippen LogP contribution in [-0.2, 0) is 0 Å². The van der Waals surface area contributed by atoms with E-state index in [9.17, 15) is 4.79 Å². The molecule has 0 bridgehead atoms. The normalized spacial score (nSPS) is 11.8. The lowest BCUT2D eigenvalue weighted by molar-refractivity contribution is 0.0939. The van der Waals surface area contributed by atoms with Gasteiger partial charge in [-0.05, 0) is 38.5 Å². The first-order chi connectivity index (χ1) is 10.0. The first-order valence-corrected chi connectivity index (χ1v) is 7.04. The van der Waals surface area contributed by atoms with Crippen LogP contribution in [-0.4, -0.2) is 13.0 Å². The van der Waals surface area contributed by atoms with Gasteiger partial charge in [0, 0.05) is 11.1 Å². The van der Waals surface area contributed by atoms with Crippen LogP contribution in [0.25, 0.3) is 0 Å². The molecule has 0 aliphatic carbocycles. The van der Waals surface area contributed by atoms with E-state index in [1.165, 1.54) is 0 Å². The van der Waals surface area contributed by atoms with Crippen molar-refractivity contribution >= 4 is 5.91 Å². The Morgan fingerprint density at radius 1 is 1.14 bits per heavy atom. The van der Waals surface area contributed by atoms with Crippen LogP contribution in [0.1, 0.15) is 40.0 Å². The number of nitrogens with one attached hydrogen (secondary N) is 1. The molecule has 3 nitrogen and oxygen atoms in total. The van der Waals surface area contributed by atoms with Gasteiger partial charge >= 0.3 is 0 Å². The van der Waals surface area contributed by atoms with E-state index in [2.05, 4.69) is 5.32 Å². The number of hydrogen-bond acceptors (Lipinski definition) is 2. The van der Waals surface area contributed by atoms with Crippen LogP contribution >= 0.6 is 0 Å². The van der Waals surface area contributed by atoms with Gasteiger partial charge in [-0.3, -0.25) is 4.79 Å². The van der Waals surface area contributed by atoms with Crippen LogP contribution in [0.3, 0.4) is 0 Å². The molecule has 1 N–H and O–H groups in total. The molecule has 0 spiro atoms. The summed E-state index contributed by atoms with van der Waals surface area (Å²) in [6.45, 7) is 5.93. The van der Waals surface area contributed by atoms with E-state index in [0.29, 0.717) is 5.56 Å². The van der Waals surface area contributed by atoms with Gasteiger partial charge in [0.05, 0.1) is 13.2 Å². The van der Waals surface area contributed by atoms with Gasteiger partial charge in [-0.15, -0.1) is 0 Å². The molecule has 3 heteroatoms. The maximum absolute atomic E-state index is 12.4. The number of rotatable bonds is 4. The van der Waals surface area contributed by atoms with Crippen LogP contribution in [0.15, 0.2) is 42.5 Å². The standard InChI is InChI=1S/C18H21NO2/c1-12-9-10-15(13(2)11-12)18(20)19-14(3)16-7-5-6-8-17(16)21-4/h5-11,14H,1-4H3,(H,19,20). The minimum absolute atomic E-state index is 0.0640. The number of carbonyl (C=O) groups is 1. The number of amides is 1. The molecule has 0 aliphatic rings. The average Bonchev–Trinajstić information content (AvgIpc) is 2.46. The molecule has 0 heterocycles. The van der Waals surface area contributed by atoms with Crippen molar-refractivity contribution in [1.82, 2.24) is 5.32 Å². The van der Waals surface area contributed by atoms with Crippen LogP contribution < -0.4 is 10.1 Å². The Hall–Kier alpha value is -2.29. The quantitative estimate of drug-likeness (QED) is 0.926. The predicted molar refractivity (Wildman–Crippen MR) is 84.8 cm³/mol. The third-order valence-electron chi connectivity index (χ3n) is 3.58. The molecule has 0 saturated heterocycles. The second kappa shape index (κ2) is 6.44. The van der Waals surface area contributed by atoms with Crippen molar-refractivity contribution in [2.75, 3.05) is 7.11 Å². The Balaban J connectivity index is 2.19. The molecule has 0 fully saturated rings. The molecule has 1 atom stereocenters. The van der Waals surface area contributed by atoms with E-state index in [4.69, 9.17) is 4.74 Å². The van der Waals surface area contributed by atoms with Gasteiger partial charge in [-0.25, -0.2) is 0 Å². The van der Waals surface area contributed by atoms with Gasteiger partial charge in [0.2, 0.25) is 0 Å². The summed E-state index contributed by atoms with van der Waals surface area (Å²) in [6, 6.07) is 13.4. The van der Waals surface area contributed by atoms with Crippen molar-refractivity contribution in [3.05, 3.63) is 64.7 Å². The Morgan fingerprint density at radius 3 is 2.52 bits per heavy atom. The zero-order valence-corrected chi connectivity index (χ0v) is 12.9. The molecule has 21 heavy (non-hydrogen) atoms. The van der Waals surface area contributed by atoms with Crippen molar-refractivity contribution in [3.63, 3.8) is 0 Å². The number of para-hydroxylation sites is 1. The van der Waals surface area contributed by atoms with Crippen LogP contribution in [0.4, 0.5) is 0 Å². The highest BCUT2D eigenvalue weighted by atomic mass is 16.5. The fraction of sp³-hybridized carbons (Fsp3) is 0.278. The van der Waals surface area contributed by atoms with Crippen LogP contribution in [0, 0.1) is 13.8 Å². The predicted octanol–water partition coefficient (Wildman–Crippen LogP) is 3.80. The van der Waals surface area contributed by atoms with Gasteiger partial charge < -0.3 is 10.1 Å². The maximum atomic E-state index is 12.4. The zero-order valence-electron chi connectivity index (χ0n) is 12.9. The van der Waals surface area contributed by atoms with E-state index in [1.807, 2.05) is 63.2 Å². The molecule has 2 rings (SSSR count). The van der Waals surface area contributed by atoms with Crippen LogP contribution in [0.2, 0.25) is 0 Å². The summed E-state index contributed by atoms with van der Waals surface area (Å²) in [4.78, 5) is 12.4. The van der Waals surface area contributed by atoms with Crippen molar-refractivity contribution < 1.29 is 9.53 Å². The molecule has 1 unspecified atom stereocenters. The Labute approximate surface area is 126 Å². The number of ether oxygens (including phenoxy) is 1. The SMILES string of the molecule is COc1ccccc1C(C)NC(=O)c1ccc(C)cc1C. The Bertz CT molecular complexity index is 649. The van der Waals surface area contributed by atoms with Crippen molar-refractivity contribution in [2.45, 2.75) is 26.8 Å². The lowest BCUT2D eigenvalue weighted by atomic mass is 10.0. The molecule has 0 aliphatic heterocycles. The number of carbonyl (C=O) groups excluding carboxylic acids is 1. The second-order valence-corrected chi connectivity index (χ2v) is 5.26. The molecule has 2 aromatic carbocycles. The van der Waals surface area contributed by atoms with Gasteiger partial charge in [-0.1, -0.05) is 35.9 Å². The summed E-state index contributed by atoms with van der Waals surface area (Å²) in [7, 11) is 1.64. The summed E-state index contributed by atoms with van der Waals surface area (Å²) in [5.74, 6) is 0.719. The lowest BCUT2D eigenvalue weighted by Gasteiger charge is -2.18. The van der Waals surface area contributed by atoms with E-state index in [-0.39, 0.29) is 11.9 Å². The largest absolute Gasteiger partial charge is 0.496 e. The fourth-order valence-electron chi connectivity index (χ4n) is 2.44. The van der Waals surface area contributed by atoms with Gasteiger partial charge in [0.15, 0.2) is 0 Å². The molecule has 0 radical (unpaired) electrons. The van der Waals surface area contributed by atoms with E-state index in [0.717, 1.165) is 22.4 Å². The summed E-state index contributed by atoms with van der Waals surface area (Å²) in [6.07, 6.45) is 0. The highest BCUT2D eigenvalue weighted by Crippen LogP contribution is 2.24. The summed E-state index contributed by atoms with van der Waals surface area (Å²) in [5, 5.41) is 3.03. The lowest BCUT2D eigenvalue weighted by Crippen LogP contribution is -2.27. The van der Waals surface area contributed by atoms with Crippen LogP contribution in [0.5, 0.6) is 5.75 Å². The molecule has 0 saturated carbocycles. The average molecular weight is 283 g/mol. The number of benzene rings is 2. The molecular formula is C18H21NO2. The third kappa shape index (κ3) is 3.43. The van der Waals surface area contributed by atoms with Gasteiger partial charge in [0.25, 0.3) is 5.91 Å². The van der Waals surface area contributed by atoms with E-state index < -0.39 is 0 Å². The Kier molecular flexibility index (Phi) is 4.63. The smallest absolute Gasteiger partial charge is 0.252 e. The number of methoxy groups -OCH3 is 1. The molecule has 0 aromatic heterocycles. The second-order valence-electron chi connectivity index (χ2n) is 5.26. The first kappa shape index (κ1) is 15.1. The Morgan fingerprint density at radius 2 is 1.86 bits per heavy atom. The van der Waals surface area contributed by atoms with Gasteiger partial charge in [-0.2, -0.15) is 0 Å². The van der Waals surface area contributed by atoms with Crippen molar-refractivity contribution in [1.29, 1.82) is 0 Å². The minimum atomic E-state index is -0.116. The topological polar surface area (TPSA) is 38.3 Å². The number of hydrogen-bond donors (Lipinski definition) is 1. The third-order valence-corrected chi connectivity index (χ3v) is 3.58. The first-order valence-electron chi connectivity index (χ1n) is 7.04. The maximum Gasteiger partial charge on any atom is 0.252 e.